The molecule has 1 aromatic carbocycles. The smallest absolute Gasteiger partial charge is 0.209 e. The van der Waals surface area contributed by atoms with E-state index in [4.69, 9.17) is 14.7 Å². The number of allylic oxidation sites excluding steroid dienone is 2. The van der Waals surface area contributed by atoms with Crippen molar-refractivity contribution in [1.29, 1.82) is 0 Å². The third-order valence-electron chi connectivity index (χ3n) is 5.44. The van der Waals surface area contributed by atoms with Crippen molar-refractivity contribution in [3.05, 3.63) is 76.5 Å². The monoisotopic (exact) mass is 420 g/mol. The van der Waals surface area contributed by atoms with E-state index in [9.17, 15) is 0 Å². The van der Waals surface area contributed by atoms with E-state index >= 15 is 0 Å². The van der Waals surface area contributed by atoms with Gasteiger partial charge in [-0.3, -0.25) is 0 Å². The first kappa shape index (κ1) is 20.5. The van der Waals surface area contributed by atoms with Crippen LogP contribution in [0, 0.1) is 6.92 Å². The minimum atomic E-state index is 0.384. The molecular weight excluding hydrogens is 392 g/mol. The van der Waals surface area contributed by atoms with E-state index in [1.54, 1.807) is 18.4 Å². The predicted octanol–water partition coefficient (Wildman–Crippen LogP) is 5.83. The lowest BCUT2D eigenvalue weighted by Gasteiger charge is -2.21. The van der Waals surface area contributed by atoms with Crippen LogP contribution in [0.2, 0.25) is 0 Å². The van der Waals surface area contributed by atoms with Gasteiger partial charge in [-0.15, -0.1) is 0 Å². The highest BCUT2D eigenvalue weighted by molar-refractivity contribution is 7.15. The molecule has 0 bridgehead atoms. The molecule has 5 nitrogen and oxygen atoms in total. The Balaban J connectivity index is 1.59. The van der Waals surface area contributed by atoms with Crippen LogP contribution in [-0.4, -0.2) is 27.4 Å². The summed E-state index contributed by atoms with van der Waals surface area (Å²) in [4.78, 5) is 15.5. The molecule has 30 heavy (non-hydrogen) atoms. The number of benzene rings is 1. The van der Waals surface area contributed by atoms with Gasteiger partial charge in [0, 0.05) is 22.7 Å². The Hall–Kier alpha value is -2.73. The van der Waals surface area contributed by atoms with E-state index in [0.717, 1.165) is 41.6 Å². The number of imidazole rings is 1. The van der Waals surface area contributed by atoms with Crippen LogP contribution >= 0.6 is 11.3 Å². The van der Waals surface area contributed by atoms with Crippen LogP contribution in [0.5, 0.6) is 0 Å². The van der Waals surface area contributed by atoms with Gasteiger partial charge in [-0.05, 0) is 44.2 Å². The highest BCUT2D eigenvalue weighted by Crippen LogP contribution is 2.41. The molecule has 1 atom stereocenters. The molecular formula is C24H28N4OS. The molecule has 0 fully saturated rings. The van der Waals surface area contributed by atoms with Crippen LogP contribution in [-0.2, 0) is 17.7 Å². The molecule has 1 aliphatic carbocycles. The molecule has 0 aliphatic heterocycles. The Kier molecular flexibility index (Phi) is 6.43. The van der Waals surface area contributed by atoms with E-state index in [1.807, 2.05) is 30.1 Å². The maximum Gasteiger partial charge on any atom is 0.209 e. The average molecular weight is 421 g/mol. The number of aromatic nitrogens is 3. The number of aryl methyl sites for hydroxylation is 2. The van der Waals surface area contributed by atoms with Gasteiger partial charge in [0.25, 0.3) is 0 Å². The van der Waals surface area contributed by atoms with Gasteiger partial charge in [-0.2, -0.15) is 0 Å². The number of nitrogens with zero attached hydrogens (tertiary/aromatic N) is 4. The standard InChI is InChI=1S/C24H28N4OS/c1-4-19(13-20(29-3)15-28-14-17(2)25-16-28)26-24-27-23-21(11-8-12-22(23)30-24)18-9-6-5-7-10-18/h5-7,9-10,13-14,16,21H,4,8,11-12,15H2,1-3H3/b20-13+,26-19?. The van der Waals surface area contributed by atoms with Crippen molar-refractivity contribution in [1.82, 2.24) is 14.5 Å². The van der Waals surface area contributed by atoms with Crippen molar-refractivity contribution in [2.24, 2.45) is 4.99 Å². The van der Waals surface area contributed by atoms with Crippen molar-refractivity contribution in [3.8, 4) is 0 Å². The van der Waals surface area contributed by atoms with E-state index in [2.05, 4.69) is 42.2 Å². The van der Waals surface area contributed by atoms with Gasteiger partial charge in [0.15, 0.2) is 0 Å². The molecule has 2 heterocycles. The predicted molar refractivity (Wildman–Crippen MR) is 123 cm³/mol. The molecule has 0 saturated heterocycles. The minimum absolute atomic E-state index is 0.384. The molecule has 6 heteroatoms. The molecule has 1 aliphatic rings. The van der Waals surface area contributed by atoms with Crippen LogP contribution in [0.15, 0.2) is 59.7 Å². The molecule has 1 unspecified atom stereocenters. The zero-order chi connectivity index (χ0) is 20.9. The van der Waals surface area contributed by atoms with Crippen LogP contribution in [0.3, 0.4) is 0 Å². The van der Waals surface area contributed by atoms with Crippen molar-refractivity contribution in [2.75, 3.05) is 7.11 Å². The summed E-state index contributed by atoms with van der Waals surface area (Å²) in [6, 6.07) is 10.7. The Bertz CT molecular complexity index is 1050. The fourth-order valence-corrected chi connectivity index (χ4v) is 4.96. The summed E-state index contributed by atoms with van der Waals surface area (Å²) in [5.74, 6) is 1.24. The van der Waals surface area contributed by atoms with Gasteiger partial charge in [0.2, 0.25) is 5.13 Å². The number of fused-ring (bicyclic) bond motifs is 1. The second kappa shape index (κ2) is 9.39. The van der Waals surface area contributed by atoms with E-state index in [0.29, 0.717) is 12.5 Å². The highest BCUT2D eigenvalue weighted by atomic mass is 32.1. The first-order valence-corrected chi connectivity index (χ1v) is 11.3. The third-order valence-corrected chi connectivity index (χ3v) is 6.46. The molecule has 0 spiro atoms. The lowest BCUT2D eigenvalue weighted by Crippen LogP contribution is -2.09. The number of hydrogen-bond donors (Lipinski definition) is 0. The summed E-state index contributed by atoms with van der Waals surface area (Å²) in [7, 11) is 1.70. The number of methoxy groups -OCH3 is 1. The Morgan fingerprint density at radius 2 is 2.17 bits per heavy atom. The van der Waals surface area contributed by atoms with E-state index in [1.165, 1.54) is 22.6 Å². The van der Waals surface area contributed by atoms with Crippen LogP contribution in [0.4, 0.5) is 5.13 Å². The zero-order valence-corrected chi connectivity index (χ0v) is 18.7. The minimum Gasteiger partial charge on any atom is -0.499 e. The molecule has 0 N–H and O–H groups in total. The molecule has 0 amide bonds. The highest BCUT2D eigenvalue weighted by Gasteiger charge is 2.26. The quantitative estimate of drug-likeness (QED) is 0.357. The average Bonchev–Trinajstić information content (AvgIpc) is 3.38. The maximum absolute atomic E-state index is 5.60. The number of aliphatic imine (C=N–C) groups is 1. The summed E-state index contributed by atoms with van der Waals surface area (Å²) in [5.41, 5.74) is 4.55. The molecule has 0 radical (unpaired) electrons. The molecule has 156 valence electrons. The van der Waals surface area contributed by atoms with Crippen LogP contribution in [0.25, 0.3) is 0 Å². The van der Waals surface area contributed by atoms with Gasteiger partial charge in [-0.1, -0.05) is 48.6 Å². The van der Waals surface area contributed by atoms with Crippen molar-refractivity contribution in [2.45, 2.75) is 52.0 Å². The lowest BCUT2D eigenvalue weighted by molar-refractivity contribution is 0.270. The first-order chi connectivity index (χ1) is 14.7. The summed E-state index contributed by atoms with van der Waals surface area (Å²) in [6.45, 7) is 4.74. The molecule has 0 saturated carbocycles. The number of thiazole rings is 1. The largest absolute Gasteiger partial charge is 0.499 e. The molecule has 2 aromatic heterocycles. The SMILES string of the molecule is CCC(/C=C(\Cn1cnc(C)c1)OC)=Nc1nc2c(s1)CCCC2c1ccccc1. The summed E-state index contributed by atoms with van der Waals surface area (Å²) < 4.78 is 7.62. The van der Waals surface area contributed by atoms with Gasteiger partial charge in [-0.25, -0.2) is 15.0 Å². The summed E-state index contributed by atoms with van der Waals surface area (Å²) in [6.07, 6.45) is 10.1. The van der Waals surface area contributed by atoms with Gasteiger partial charge in [0.05, 0.1) is 31.4 Å². The molecule has 4 rings (SSSR count). The van der Waals surface area contributed by atoms with Crippen molar-refractivity contribution < 1.29 is 4.74 Å². The third kappa shape index (κ3) is 4.70. The van der Waals surface area contributed by atoms with E-state index < -0.39 is 0 Å². The second-order valence-electron chi connectivity index (χ2n) is 7.62. The zero-order valence-electron chi connectivity index (χ0n) is 17.8. The first-order valence-electron chi connectivity index (χ1n) is 10.5. The Morgan fingerprint density at radius 1 is 1.33 bits per heavy atom. The Labute approximate surface area is 182 Å². The normalized spacial score (nSPS) is 17.1. The van der Waals surface area contributed by atoms with Crippen LogP contribution in [0.1, 0.15) is 53.9 Å². The topological polar surface area (TPSA) is 52.3 Å². The number of ether oxygens (including phenoxy) is 1. The maximum atomic E-state index is 5.60. The number of hydrogen-bond acceptors (Lipinski definition) is 5. The summed E-state index contributed by atoms with van der Waals surface area (Å²) in [5, 5.41) is 0.852. The summed E-state index contributed by atoms with van der Waals surface area (Å²) >= 11 is 1.74. The van der Waals surface area contributed by atoms with Crippen molar-refractivity contribution in [3.63, 3.8) is 0 Å². The fraction of sp³-hybridized carbons (Fsp3) is 0.375. The molecule has 3 aromatic rings. The fourth-order valence-electron chi connectivity index (χ4n) is 3.89. The second-order valence-corrected chi connectivity index (χ2v) is 8.68. The van der Waals surface area contributed by atoms with E-state index in [-0.39, 0.29) is 0 Å². The number of rotatable bonds is 7. The van der Waals surface area contributed by atoms with Gasteiger partial charge in [0.1, 0.15) is 5.76 Å². The Morgan fingerprint density at radius 3 is 2.87 bits per heavy atom. The van der Waals surface area contributed by atoms with Gasteiger partial charge >= 0.3 is 0 Å². The van der Waals surface area contributed by atoms with Gasteiger partial charge < -0.3 is 9.30 Å². The lowest BCUT2D eigenvalue weighted by atomic mass is 9.85. The van der Waals surface area contributed by atoms with Crippen molar-refractivity contribution >= 4 is 22.2 Å². The van der Waals surface area contributed by atoms with Crippen LogP contribution < -0.4 is 0 Å².